The van der Waals surface area contributed by atoms with Crippen LogP contribution >= 0.6 is 11.8 Å². The molecule has 0 unspecified atom stereocenters. The van der Waals surface area contributed by atoms with Crippen LogP contribution in [-0.4, -0.2) is 34.7 Å². The van der Waals surface area contributed by atoms with Crippen molar-refractivity contribution in [2.45, 2.75) is 13.5 Å². The van der Waals surface area contributed by atoms with Crippen LogP contribution in [-0.2, 0) is 11.3 Å². The lowest BCUT2D eigenvalue weighted by Gasteiger charge is -2.12. The Bertz CT molecular complexity index is 987. The molecule has 9 heteroatoms. The van der Waals surface area contributed by atoms with Crippen molar-refractivity contribution in [2.75, 3.05) is 13.7 Å². The molecule has 0 bridgehead atoms. The molecule has 1 aliphatic rings. The highest BCUT2D eigenvalue weighted by Gasteiger charge is 2.35. The Morgan fingerprint density at radius 1 is 1.14 bits per heavy atom. The topological polar surface area (TPSA) is 99.0 Å². The van der Waals surface area contributed by atoms with Gasteiger partial charge in [-0.15, -0.1) is 0 Å². The molecular weight excluding hydrogens is 396 g/mol. The van der Waals surface area contributed by atoms with E-state index in [1.807, 2.05) is 6.92 Å². The second-order valence-corrected chi connectivity index (χ2v) is 7.03. The number of thioether (sulfide) groups is 1. The highest BCUT2D eigenvalue weighted by atomic mass is 32.2. The first-order chi connectivity index (χ1) is 13.9. The summed E-state index contributed by atoms with van der Waals surface area (Å²) in [6, 6.07) is 11.0. The summed E-state index contributed by atoms with van der Waals surface area (Å²) in [6.07, 6.45) is 1.63. The third-order valence-electron chi connectivity index (χ3n) is 4.15. The second-order valence-electron chi connectivity index (χ2n) is 6.03. The number of carbonyl (C=O) groups is 2. The summed E-state index contributed by atoms with van der Waals surface area (Å²) < 4.78 is 10.8. The molecule has 1 fully saturated rings. The normalized spacial score (nSPS) is 15.1. The quantitative estimate of drug-likeness (QED) is 0.380. The number of nitro benzene ring substituents is 1. The smallest absolute Gasteiger partial charge is 0.293 e. The van der Waals surface area contributed by atoms with Gasteiger partial charge in [0.25, 0.3) is 16.8 Å². The Hall–Kier alpha value is -3.33. The largest absolute Gasteiger partial charge is 0.493 e. The molecule has 1 aliphatic heterocycles. The molecule has 8 nitrogen and oxygen atoms in total. The molecule has 0 aromatic heterocycles. The lowest BCUT2D eigenvalue weighted by atomic mass is 10.1. The summed E-state index contributed by atoms with van der Waals surface area (Å²) in [7, 11) is 1.54. The van der Waals surface area contributed by atoms with E-state index in [1.54, 1.807) is 31.4 Å². The first-order valence-electron chi connectivity index (χ1n) is 8.72. The van der Waals surface area contributed by atoms with Gasteiger partial charge in [-0.25, -0.2) is 0 Å². The number of rotatable bonds is 7. The molecular formula is C20H18N2O6S. The van der Waals surface area contributed by atoms with E-state index in [1.165, 1.54) is 24.3 Å². The van der Waals surface area contributed by atoms with E-state index in [0.717, 1.165) is 16.7 Å². The number of hydrogen-bond acceptors (Lipinski definition) is 7. The van der Waals surface area contributed by atoms with Gasteiger partial charge in [0.1, 0.15) is 0 Å². The van der Waals surface area contributed by atoms with Gasteiger partial charge in [-0.1, -0.05) is 18.2 Å². The van der Waals surface area contributed by atoms with Gasteiger partial charge in [0, 0.05) is 12.1 Å². The van der Waals surface area contributed by atoms with Crippen LogP contribution in [0.15, 0.2) is 47.4 Å². The highest BCUT2D eigenvalue weighted by Crippen LogP contribution is 2.35. The van der Waals surface area contributed by atoms with Gasteiger partial charge in [0.15, 0.2) is 11.5 Å². The first-order valence-corrected chi connectivity index (χ1v) is 9.54. The molecule has 0 N–H and O–H groups in total. The van der Waals surface area contributed by atoms with Crippen LogP contribution in [0.2, 0.25) is 0 Å². The summed E-state index contributed by atoms with van der Waals surface area (Å²) in [5.74, 6) is 0.719. The van der Waals surface area contributed by atoms with Crippen molar-refractivity contribution < 1.29 is 24.0 Å². The van der Waals surface area contributed by atoms with E-state index in [9.17, 15) is 19.7 Å². The standard InChI is InChI=1S/C20H18N2O6S/c1-3-28-17-10-14(6-9-16(17)27-2)11-18-19(23)21(20(24)29-18)12-13-4-7-15(8-5-13)22(25)26/h4-11H,3,12H2,1-2H3. The number of amides is 2. The number of benzene rings is 2. The summed E-state index contributed by atoms with van der Waals surface area (Å²) in [5, 5.41) is 10.4. The molecule has 2 aromatic rings. The van der Waals surface area contributed by atoms with Gasteiger partial charge in [0.2, 0.25) is 0 Å². The molecule has 0 radical (unpaired) electrons. The van der Waals surface area contributed by atoms with Gasteiger partial charge < -0.3 is 9.47 Å². The average molecular weight is 414 g/mol. The third-order valence-corrected chi connectivity index (χ3v) is 5.05. The molecule has 0 saturated carbocycles. The molecule has 1 heterocycles. The van der Waals surface area contributed by atoms with Gasteiger partial charge >= 0.3 is 0 Å². The molecule has 0 aliphatic carbocycles. The molecule has 29 heavy (non-hydrogen) atoms. The van der Waals surface area contributed by atoms with Crippen LogP contribution in [0.25, 0.3) is 6.08 Å². The van der Waals surface area contributed by atoms with Crippen LogP contribution < -0.4 is 9.47 Å². The predicted molar refractivity (Wildman–Crippen MR) is 109 cm³/mol. The number of ether oxygens (including phenoxy) is 2. The molecule has 2 aromatic carbocycles. The maximum atomic E-state index is 12.7. The zero-order chi connectivity index (χ0) is 21.0. The van der Waals surface area contributed by atoms with Crippen molar-refractivity contribution in [3.05, 3.63) is 68.6 Å². The Morgan fingerprint density at radius 3 is 2.48 bits per heavy atom. The number of nitro groups is 1. The molecule has 2 amide bonds. The third kappa shape index (κ3) is 4.57. The number of carbonyl (C=O) groups excluding carboxylic acids is 2. The average Bonchev–Trinajstić information content (AvgIpc) is 2.96. The molecule has 0 spiro atoms. The van der Waals surface area contributed by atoms with Gasteiger partial charge in [-0.3, -0.25) is 24.6 Å². The van der Waals surface area contributed by atoms with Crippen molar-refractivity contribution in [1.29, 1.82) is 0 Å². The summed E-state index contributed by atoms with van der Waals surface area (Å²) in [6.45, 7) is 2.37. The van der Waals surface area contributed by atoms with E-state index >= 15 is 0 Å². The van der Waals surface area contributed by atoms with Crippen LogP contribution in [0, 0.1) is 10.1 Å². The van der Waals surface area contributed by atoms with E-state index in [0.29, 0.717) is 34.1 Å². The van der Waals surface area contributed by atoms with Crippen molar-refractivity contribution in [3.63, 3.8) is 0 Å². The summed E-state index contributed by atoms with van der Waals surface area (Å²) in [4.78, 5) is 36.6. The molecule has 150 valence electrons. The number of methoxy groups -OCH3 is 1. The van der Waals surface area contributed by atoms with E-state index < -0.39 is 16.1 Å². The summed E-state index contributed by atoms with van der Waals surface area (Å²) in [5.41, 5.74) is 1.28. The van der Waals surface area contributed by atoms with Crippen LogP contribution in [0.4, 0.5) is 10.5 Å². The van der Waals surface area contributed by atoms with Gasteiger partial charge in [0.05, 0.1) is 30.1 Å². The van der Waals surface area contributed by atoms with Crippen LogP contribution in [0.1, 0.15) is 18.1 Å². The first kappa shape index (κ1) is 20.4. The van der Waals surface area contributed by atoms with E-state index in [2.05, 4.69) is 0 Å². The Balaban J connectivity index is 1.79. The zero-order valence-electron chi connectivity index (χ0n) is 15.8. The van der Waals surface area contributed by atoms with Crippen molar-refractivity contribution in [2.24, 2.45) is 0 Å². The van der Waals surface area contributed by atoms with E-state index in [4.69, 9.17) is 9.47 Å². The minimum atomic E-state index is -0.502. The molecule has 1 saturated heterocycles. The van der Waals surface area contributed by atoms with Gasteiger partial charge in [-0.05, 0) is 48.0 Å². The Labute approximate surface area is 171 Å². The lowest BCUT2D eigenvalue weighted by molar-refractivity contribution is -0.384. The number of non-ortho nitro benzene ring substituents is 1. The lowest BCUT2D eigenvalue weighted by Crippen LogP contribution is -2.27. The molecule has 3 rings (SSSR count). The van der Waals surface area contributed by atoms with Crippen molar-refractivity contribution >= 4 is 34.7 Å². The minimum Gasteiger partial charge on any atom is -0.493 e. The Kier molecular flexibility index (Phi) is 6.18. The highest BCUT2D eigenvalue weighted by molar-refractivity contribution is 8.18. The fraction of sp³-hybridized carbons (Fsp3) is 0.200. The summed E-state index contributed by atoms with van der Waals surface area (Å²) >= 11 is 0.851. The fourth-order valence-electron chi connectivity index (χ4n) is 2.74. The Morgan fingerprint density at radius 2 is 1.86 bits per heavy atom. The van der Waals surface area contributed by atoms with Crippen LogP contribution in [0.5, 0.6) is 11.5 Å². The minimum absolute atomic E-state index is 0.0484. The second kappa shape index (κ2) is 8.78. The predicted octanol–water partition coefficient (Wildman–Crippen LogP) is 4.24. The van der Waals surface area contributed by atoms with Crippen LogP contribution in [0.3, 0.4) is 0 Å². The SMILES string of the molecule is CCOc1cc(C=C2SC(=O)N(Cc3ccc([N+](=O)[O-])cc3)C2=O)ccc1OC. The van der Waals surface area contributed by atoms with Gasteiger partial charge in [-0.2, -0.15) is 0 Å². The maximum absolute atomic E-state index is 12.7. The maximum Gasteiger partial charge on any atom is 0.293 e. The fourth-order valence-corrected chi connectivity index (χ4v) is 3.58. The number of hydrogen-bond donors (Lipinski definition) is 0. The number of imide groups is 1. The number of nitrogens with zero attached hydrogens (tertiary/aromatic N) is 2. The monoisotopic (exact) mass is 414 g/mol. The van der Waals surface area contributed by atoms with Crippen molar-refractivity contribution in [3.8, 4) is 11.5 Å². The molecule has 0 atom stereocenters. The van der Waals surface area contributed by atoms with E-state index in [-0.39, 0.29) is 12.2 Å². The zero-order valence-corrected chi connectivity index (χ0v) is 16.6. The van der Waals surface area contributed by atoms with Crippen molar-refractivity contribution in [1.82, 2.24) is 4.90 Å².